The summed E-state index contributed by atoms with van der Waals surface area (Å²) in [6.07, 6.45) is 4.56. The van der Waals surface area contributed by atoms with Gasteiger partial charge in [0.05, 0.1) is 12.6 Å². The Morgan fingerprint density at radius 1 is 1.33 bits per heavy atom. The van der Waals surface area contributed by atoms with E-state index < -0.39 is 12.1 Å². The van der Waals surface area contributed by atoms with Crippen LogP contribution in [0.3, 0.4) is 0 Å². The number of rotatable bonds is 5. The normalized spacial score (nSPS) is 22.7. The van der Waals surface area contributed by atoms with Gasteiger partial charge in [-0.2, -0.15) is 0 Å². The largest absolute Gasteiger partial charge is 0.464 e. The lowest BCUT2D eigenvalue weighted by Gasteiger charge is -2.41. The number of amides is 2. The summed E-state index contributed by atoms with van der Waals surface area (Å²) < 4.78 is 11.3. The van der Waals surface area contributed by atoms with Crippen LogP contribution in [0.5, 0.6) is 0 Å². The zero-order chi connectivity index (χ0) is 19.0. The lowest BCUT2D eigenvalue weighted by atomic mass is 9.98. The van der Waals surface area contributed by atoms with Crippen molar-refractivity contribution in [2.24, 2.45) is 0 Å². The number of furan rings is 1. The number of aryl methyl sites for hydroxylation is 1. The highest BCUT2D eigenvalue weighted by molar-refractivity contribution is 5.86. The SMILES string of the molecule is Cc1ccc(CN(C)C(=O)C2OCC(=O)N(C3CC3)C2c2cccnc2)o1. The van der Waals surface area contributed by atoms with Crippen LogP contribution in [0.15, 0.2) is 41.1 Å². The van der Waals surface area contributed by atoms with Crippen LogP contribution < -0.4 is 0 Å². The number of ether oxygens (including phenoxy) is 1. The lowest BCUT2D eigenvalue weighted by molar-refractivity contribution is -0.170. The van der Waals surface area contributed by atoms with Crippen LogP contribution in [0.25, 0.3) is 0 Å². The van der Waals surface area contributed by atoms with Crippen molar-refractivity contribution < 1.29 is 18.7 Å². The van der Waals surface area contributed by atoms with E-state index in [2.05, 4.69) is 4.98 Å². The molecule has 27 heavy (non-hydrogen) atoms. The average Bonchev–Trinajstić information content (AvgIpc) is 3.43. The second-order valence-corrected chi connectivity index (χ2v) is 7.20. The monoisotopic (exact) mass is 369 g/mol. The number of carbonyl (C=O) groups excluding carboxylic acids is 2. The summed E-state index contributed by atoms with van der Waals surface area (Å²) in [5, 5.41) is 0. The first-order valence-corrected chi connectivity index (χ1v) is 9.17. The van der Waals surface area contributed by atoms with Gasteiger partial charge < -0.3 is 19.0 Å². The van der Waals surface area contributed by atoms with Gasteiger partial charge in [-0.25, -0.2) is 0 Å². The Kier molecular flexibility index (Phi) is 4.70. The number of nitrogens with zero attached hydrogens (tertiary/aromatic N) is 3. The minimum absolute atomic E-state index is 0.0697. The van der Waals surface area contributed by atoms with E-state index in [1.807, 2.05) is 36.1 Å². The topological polar surface area (TPSA) is 75.9 Å². The molecule has 4 rings (SSSR count). The van der Waals surface area contributed by atoms with Gasteiger partial charge in [0.25, 0.3) is 5.91 Å². The van der Waals surface area contributed by atoms with E-state index in [0.29, 0.717) is 12.3 Å². The van der Waals surface area contributed by atoms with Crippen molar-refractivity contribution in [1.82, 2.24) is 14.8 Å². The molecule has 1 aliphatic carbocycles. The smallest absolute Gasteiger partial charge is 0.254 e. The fourth-order valence-electron chi connectivity index (χ4n) is 3.60. The third kappa shape index (κ3) is 3.60. The Morgan fingerprint density at radius 3 is 2.78 bits per heavy atom. The van der Waals surface area contributed by atoms with E-state index in [1.54, 1.807) is 24.3 Å². The van der Waals surface area contributed by atoms with Crippen molar-refractivity contribution >= 4 is 11.8 Å². The van der Waals surface area contributed by atoms with E-state index in [-0.39, 0.29) is 24.5 Å². The molecule has 0 bridgehead atoms. The van der Waals surface area contributed by atoms with Gasteiger partial charge in [0.1, 0.15) is 18.1 Å². The predicted molar refractivity (Wildman–Crippen MR) is 96.5 cm³/mol. The van der Waals surface area contributed by atoms with Crippen molar-refractivity contribution in [2.75, 3.05) is 13.7 Å². The van der Waals surface area contributed by atoms with Crippen molar-refractivity contribution in [2.45, 2.75) is 44.5 Å². The van der Waals surface area contributed by atoms with Gasteiger partial charge in [0, 0.05) is 25.5 Å². The molecule has 2 aromatic heterocycles. The molecule has 0 spiro atoms. The Hall–Kier alpha value is -2.67. The van der Waals surface area contributed by atoms with E-state index in [4.69, 9.17) is 9.15 Å². The van der Waals surface area contributed by atoms with Crippen LogP contribution in [0.2, 0.25) is 0 Å². The number of aromatic nitrogens is 1. The van der Waals surface area contributed by atoms with E-state index in [0.717, 1.165) is 24.2 Å². The van der Waals surface area contributed by atoms with Crippen LogP contribution in [0, 0.1) is 6.92 Å². The van der Waals surface area contributed by atoms with Crippen LogP contribution in [0.1, 0.15) is 36.0 Å². The second kappa shape index (κ2) is 7.15. The Balaban J connectivity index is 1.60. The third-order valence-corrected chi connectivity index (χ3v) is 5.04. The first-order valence-electron chi connectivity index (χ1n) is 9.17. The molecule has 2 aliphatic rings. The van der Waals surface area contributed by atoms with Gasteiger partial charge in [0.15, 0.2) is 6.10 Å². The summed E-state index contributed by atoms with van der Waals surface area (Å²) in [7, 11) is 1.72. The van der Waals surface area contributed by atoms with Gasteiger partial charge in [-0.15, -0.1) is 0 Å². The van der Waals surface area contributed by atoms with E-state index >= 15 is 0 Å². The summed E-state index contributed by atoms with van der Waals surface area (Å²) in [6.45, 7) is 2.15. The molecule has 2 amide bonds. The standard InChI is InChI=1S/C20H23N3O4/c1-13-5-8-16(27-13)11-22(2)20(25)19-18(14-4-3-9-21-10-14)23(15-6-7-15)17(24)12-26-19/h3-5,8-10,15,18-19H,6-7,11-12H2,1-2H3. The van der Waals surface area contributed by atoms with Gasteiger partial charge in [-0.3, -0.25) is 14.6 Å². The number of likely N-dealkylation sites (N-methyl/N-ethyl adjacent to an activating group) is 1. The maximum absolute atomic E-state index is 13.2. The Morgan fingerprint density at radius 2 is 2.15 bits per heavy atom. The molecule has 1 saturated heterocycles. The highest BCUT2D eigenvalue weighted by Crippen LogP contribution is 2.39. The average molecular weight is 369 g/mol. The van der Waals surface area contributed by atoms with Crippen molar-refractivity contribution in [3.63, 3.8) is 0 Å². The molecule has 0 radical (unpaired) electrons. The Labute approximate surface area is 157 Å². The molecule has 1 aliphatic heterocycles. The highest BCUT2D eigenvalue weighted by atomic mass is 16.5. The molecule has 7 nitrogen and oxygen atoms in total. The molecule has 2 fully saturated rings. The number of morpholine rings is 1. The molecule has 0 N–H and O–H groups in total. The number of carbonyl (C=O) groups is 2. The van der Waals surface area contributed by atoms with Crippen molar-refractivity contribution in [3.8, 4) is 0 Å². The zero-order valence-electron chi connectivity index (χ0n) is 15.5. The molecule has 3 heterocycles. The second-order valence-electron chi connectivity index (χ2n) is 7.20. The maximum atomic E-state index is 13.2. The molecule has 142 valence electrons. The molecule has 0 aromatic carbocycles. The molecule has 2 atom stereocenters. The van der Waals surface area contributed by atoms with Crippen molar-refractivity contribution in [1.29, 1.82) is 0 Å². The Bertz CT molecular complexity index is 831. The molecular weight excluding hydrogens is 346 g/mol. The van der Waals surface area contributed by atoms with E-state index in [1.165, 1.54) is 0 Å². The lowest BCUT2D eigenvalue weighted by Crippen LogP contribution is -2.55. The minimum Gasteiger partial charge on any atom is -0.464 e. The first-order chi connectivity index (χ1) is 13.0. The van der Waals surface area contributed by atoms with Gasteiger partial charge in [0.2, 0.25) is 5.91 Å². The van der Waals surface area contributed by atoms with E-state index in [9.17, 15) is 9.59 Å². The van der Waals surface area contributed by atoms with Crippen LogP contribution in [-0.2, 0) is 20.9 Å². The molecule has 2 unspecified atom stereocenters. The van der Waals surface area contributed by atoms with Crippen molar-refractivity contribution in [3.05, 3.63) is 53.7 Å². The number of pyridine rings is 1. The van der Waals surface area contributed by atoms with Crippen LogP contribution in [-0.4, -0.2) is 52.4 Å². The van der Waals surface area contributed by atoms with Crippen LogP contribution >= 0.6 is 0 Å². The minimum atomic E-state index is -0.756. The van der Waals surface area contributed by atoms with Gasteiger partial charge >= 0.3 is 0 Å². The van der Waals surface area contributed by atoms with Gasteiger partial charge in [-0.05, 0) is 43.5 Å². The zero-order valence-corrected chi connectivity index (χ0v) is 15.5. The van der Waals surface area contributed by atoms with Crippen LogP contribution in [0.4, 0.5) is 0 Å². The fourth-order valence-corrected chi connectivity index (χ4v) is 3.60. The summed E-state index contributed by atoms with van der Waals surface area (Å²) >= 11 is 0. The first kappa shape index (κ1) is 17.7. The van der Waals surface area contributed by atoms with Gasteiger partial charge in [-0.1, -0.05) is 6.07 Å². The quantitative estimate of drug-likeness (QED) is 0.806. The summed E-state index contributed by atoms with van der Waals surface area (Å²) in [6, 6.07) is 7.17. The molecule has 2 aromatic rings. The summed E-state index contributed by atoms with van der Waals surface area (Å²) in [4.78, 5) is 33.3. The molecule has 7 heteroatoms. The molecular formula is C20H23N3O4. The maximum Gasteiger partial charge on any atom is 0.254 e. The fraction of sp³-hybridized carbons (Fsp3) is 0.450. The summed E-state index contributed by atoms with van der Waals surface area (Å²) in [5.41, 5.74) is 0.818. The highest BCUT2D eigenvalue weighted by Gasteiger charge is 2.48. The third-order valence-electron chi connectivity index (χ3n) is 5.04. The summed E-state index contributed by atoms with van der Waals surface area (Å²) in [5.74, 6) is 1.28. The molecule has 1 saturated carbocycles. The predicted octanol–water partition coefficient (Wildman–Crippen LogP) is 2.07. The number of hydrogen-bond donors (Lipinski definition) is 0. The number of hydrogen-bond acceptors (Lipinski definition) is 5.